The topological polar surface area (TPSA) is 79.1 Å². The van der Waals surface area contributed by atoms with Gasteiger partial charge in [0.1, 0.15) is 0 Å². The van der Waals surface area contributed by atoms with E-state index in [1.807, 2.05) is 85.8 Å². The lowest BCUT2D eigenvalue weighted by atomic mass is 9.93. The Labute approximate surface area is 229 Å². The minimum absolute atomic E-state index is 0.201. The first-order chi connectivity index (χ1) is 19.1. The van der Waals surface area contributed by atoms with Crippen LogP contribution in [0.5, 0.6) is 11.5 Å². The molecule has 0 bridgehead atoms. The lowest BCUT2D eigenvalue weighted by Gasteiger charge is -2.25. The molecule has 1 atom stereocenters. The van der Waals surface area contributed by atoms with Gasteiger partial charge in [0.05, 0.1) is 42.2 Å². The Hall–Kier alpha value is -4.43. The highest BCUT2D eigenvalue weighted by molar-refractivity contribution is 7.07. The van der Waals surface area contributed by atoms with E-state index in [0.717, 1.165) is 11.1 Å². The van der Waals surface area contributed by atoms with Crippen molar-refractivity contribution < 1.29 is 19.0 Å². The Morgan fingerprint density at radius 1 is 0.974 bits per heavy atom. The van der Waals surface area contributed by atoms with Crippen molar-refractivity contribution in [3.05, 3.63) is 121 Å². The molecule has 0 unspecified atom stereocenters. The van der Waals surface area contributed by atoms with E-state index in [4.69, 9.17) is 19.2 Å². The highest BCUT2D eigenvalue weighted by Crippen LogP contribution is 2.35. The molecule has 1 aromatic heterocycles. The Morgan fingerprint density at radius 2 is 1.69 bits per heavy atom. The fraction of sp³-hybridized carbons (Fsp3) is 0.194. The molecule has 5 rings (SSSR count). The first-order valence-electron chi connectivity index (χ1n) is 12.7. The molecule has 8 heteroatoms. The van der Waals surface area contributed by atoms with Gasteiger partial charge < -0.3 is 14.2 Å². The van der Waals surface area contributed by atoms with Crippen LogP contribution in [-0.4, -0.2) is 30.9 Å². The Morgan fingerprint density at radius 3 is 2.36 bits per heavy atom. The number of fused-ring (bicyclic) bond motifs is 1. The molecule has 4 aromatic rings. The van der Waals surface area contributed by atoms with Crippen molar-refractivity contribution in [3.63, 3.8) is 0 Å². The second kappa shape index (κ2) is 11.5. The van der Waals surface area contributed by atoms with Crippen molar-refractivity contribution in [2.45, 2.75) is 19.9 Å². The number of carbonyl (C=O) groups is 1. The van der Waals surface area contributed by atoms with Crippen LogP contribution in [0.1, 0.15) is 36.6 Å². The standard InChI is InChI=1S/C31H28N2O5S/c1-4-37-28-22(17-12-18-23(28)36-3)19-24-29(34)33-27(21-15-10-7-11-16-21)25(30(35)38-5-2)26(32-31(33)39-24)20-13-8-6-9-14-20/h6-19,27H,4-5H2,1-3H3/b24-19-/t27-/m0/s1. The third kappa shape index (κ3) is 5.03. The summed E-state index contributed by atoms with van der Waals surface area (Å²) in [5.74, 6) is 0.635. The molecule has 39 heavy (non-hydrogen) atoms. The number of nitrogens with zero attached hydrogens (tertiary/aromatic N) is 2. The van der Waals surface area contributed by atoms with Gasteiger partial charge in [0.2, 0.25) is 0 Å². The van der Waals surface area contributed by atoms with Crippen LogP contribution in [-0.2, 0) is 9.53 Å². The molecule has 1 aliphatic rings. The maximum atomic E-state index is 14.0. The average Bonchev–Trinajstić information content (AvgIpc) is 3.28. The molecule has 0 N–H and O–H groups in total. The first-order valence-corrected chi connectivity index (χ1v) is 13.5. The first kappa shape index (κ1) is 26.2. The van der Waals surface area contributed by atoms with E-state index >= 15 is 0 Å². The summed E-state index contributed by atoms with van der Waals surface area (Å²) in [5, 5.41) is 0. The Balaban J connectivity index is 1.81. The summed E-state index contributed by atoms with van der Waals surface area (Å²) >= 11 is 1.27. The van der Waals surface area contributed by atoms with Crippen LogP contribution in [0.3, 0.4) is 0 Å². The van der Waals surface area contributed by atoms with Crippen LogP contribution in [0.4, 0.5) is 0 Å². The van der Waals surface area contributed by atoms with E-state index < -0.39 is 12.0 Å². The predicted molar refractivity (Wildman–Crippen MR) is 152 cm³/mol. The number of para-hydroxylation sites is 1. The largest absolute Gasteiger partial charge is 0.493 e. The molecular weight excluding hydrogens is 512 g/mol. The van der Waals surface area contributed by atoms with Gasteiger partial charge >= 0.3 is 5.97 Å². The third-order valence-corrected chi connectivity index (χ3v) is 7.28. The number of methoxy groups -OCH3 is 1. The Bertz CT molecular complexity index is 1710. The van der Waals surface area contributed by atoms with Crippen LogP contribution in [0.15, 0.2) is 94.2 Å². The van der Waals surface area contributed by atoms with Gasteiger partial charge in [-0.3, -0.25) is 9.36 Å². The summed E-state index contributed by atoms with van der Waals surface area (Å²) in [6.45, 7) is 4.30. The minimum Gasteiger partial charge on any atom is -0.493 e. The van der Waals surface area contributed by atoms with Gasteiger partial charge in [0.15, 0.2) is 16.3 Å². The number of aromatic nitrogens is 1. The number of rotatable bonds is 8. The van der Waals surface area contributed by atoms with Crippen LogP contribution in [0.2, 0.25) is 0 Å². The van der Waals surface area contributed by atoms with Gasteiger partial charge in [-0.05, 0) is 31.6 Å². The highest BCUT2D eigenvalue weighted by atomic mass is 32.1. The monoisotopic (exact) mass is 540 g/mol. The maximum Gasteiger partial charge on any atom is 0.338 e. The summed E-state index contributed by atoms with van der Waals surface area (Å²) in [7, 11) is 1.58. The van der Waals surface area contributed by atoms with E-state index in [-0.39, 0.29) is 12.2 Å². The number of hydrogen-bond donors (Lipinski definition) is 0. The minimum atomic E-state index is -0.712. The van der Waals surface area contributed by atoms with Gasteiger partial charge in [-0.1, -0.05) is 84.1 Å². The van der Waals surface area contributed by atoms with Gasteiger partial charge in [0, 0.05) is 11.1 Å². The van der Waals surface area contributed by atoms with Crippen LogP contribution >= 0.6 is 11.3 Å². The summed E-state index contributed by atoms with van der Waals surface area (Å²) in [6.07, 6.45) is 1.79. The van der Waals surface area contributed by atoms with E-state index in [2.05, 4.69) is 0 Å². The molecule has 7 nitrogen and oxygen atoms in total. The summed E-state index contributed by atoms with van der Waals surface area (Å²) in [6, 6.07) is 23.8. The molecule has 0 amide bonds. The molecule has 0 saturated heterocycles. The molecule has 0 radical (unpaired) electrons. The SMILES string of the molecule is CCOC(=O)C1=C(c2ccccc2)N=c2s/c(=C\c3cccc(OC)c3OCC)c(=O)n2[C@H]1c1ccccc1. The van der Waals surface area contributed by atoms with Crippen LogP contribution in [0.25, 0.3) is 11.8 Å². The molecule has 2 heterocycles. The molecule has 0 spiro atoms. The summed E-state index contributed by atoms with van der Waals surface area (Å²) in [4.78, 5) is 32.9. The van der Waals surface area contributed by atoms with E-state index in [0.29, 0.717) is 44.3 Å². The summed E-state index contributed by atoms with van der Waals surface area (Å²) in [5.41, 5.74) is 2.83. The van der Waals surface area contributed by atoms with Gasteiger partial charge in [0.25, 0.3) is 5.56 Å². The van der Waals surface area contributed by atoms with Gasteiger partial charge in [-0.25, -0.2) is 9.79 Å². The van der Waals surface area contributed by atoms with Crippen molar-refractivity contribution in [1.82, 2.24) is 4.57 Å². The van der Waals surface area contributed by atoms with Crippen molar-refractivity contribution >= 4 is 29.1 Å². The van der Waals surface area contributed by atoms with Crippen molar-refractivity contribution in [1.29, 1.82) is 0 Å². The van der Waals surface area contributed by atoms with E-state index in [9.17, 15) is 9.59 Å². The number of esters is 1. The highest BCUT2D eigenvalue weighted by Gasteiger charge is 2.35. The second-order valence-corrected chi connectivity index (χ2v) is 9.66. The molecule has 3 aromatic carbocycles. The predicted octanol–water partition coefficient (Wildman–Crippen LogP) is 4.34. The quantitative estimate of drug-likeness (QED) is 0.311. The smallest absolute Gasteiger partial charge is 0.338 e. The molecular formula is C31H28N2O5S. The number of benzene rings is 3. The van der Waals surface area contributed by atoms with Gasteiger partial charge in [-0.2, -0.15) is 0 Å². The molecule has 0 fully saturated rings. The van der Waals surface area contributed by atoms with Crippen molar-refractivity contribution in [2.24, 2.45) is 4.99 Å². The normalized spacial score (nSPS) is 14.9. The van der Waals surface area contributed by atoms with Crippen molar-refractivity contribution in [3.8, 4) is 11.5 Å². The van der Waals surface area contributed by atoms with Crippen LogP contribution in [0, 0.1) is 0 Å². The molecule has 0 saturated carbocycles. The van der Waals surface area contributed by atoms with Crippen molar-refractivity contribution in [2.75, 3.05) is 20.3 Å². The van der Waals surface area contributed by atoms with E-state index in [1.54, 1.807) is 24.7 Å². The van der Waals surface area contributed by atoms with Crippen LogP contribution < -0.4 is 24.4 Å². The summed E-state index contributed by atoms with van der Waals surface area (Å²) < 4.78 is 18.9. The zero-order chi connectivity index (χ0) is 27.4. The number of hydrogen-bond acceptors (Lipinski definition) is 7. The maximum absolute atomic E-state index is 14.0. The zero-order valence-electron chi connectivity index (χ0n) is 21.9. The number of carbonyl (C=O) groups excluding carboxylic acids is 1. The Kier molecular flexibility index (Phi) is 7.74. The number of thiazole rings is 1. The molecule has 198 valence electrons. The number of ether oxygens (including phenoxy) is 3. The average molecular weight is 541 g/mol. The van der Waals surface area contributed by atoms with Gasteiger partial charge in [-0.15, -0.1) is 0 Å². The molecule has 0 aliphatic carbocycles. The van der Waals surface area contributed by atoms with E-state index in [1.165, 1.54) is 11.3 Å². The zero-order valence-corrected chi connectivity index (χ0v) is 22.7. The lowest BCUT2D eigenvalue weighted by Crippen LogP contribution is -2.40. The second-order valence-electron chi connectivity index (χ2n) is 8.65. The lowest BCUT2D eigenvalue weighted by molar-refractivity contribution is -0.138. The fourth-order valence-electron chi connectivity index (χ4n) is 4.64. The molecule has 1 aliphatic heterocycles. The fourth-order valence-corrected chi connectivity index (χ4v) is 5.63. The third-order valence-electron chi connectivity index (χ3n) is 6.29.